The van der Waals surface area contributed by atoms with E-state index in [0.29, 0.717) is 19.1 Å². The number of carbonyl (C=O) groups excluding carboxylic acids is 1. The number of piperidine rings is 1. The summed E-state index contributed by atoms with van der Waals surface area (Å²) in [6.45, 7) is 5.26. The van der Waals surface area contributed by atoms with Gasteiger partial charge in [0, 0.05) is 31.7 Å². The van der Waals surface area contributed by atoms with Crippen molar-refractivity contribution in [2.45, 2.75) is 38.6 Å². The molecule has 0 atom stereocenters. The van der Waals surface area contributed by atoms with Crippen LogP contribution in [0.15, 0.2) is 24.4 Å². The van der Waals surface area contributed by atoms with Crippen LogP contribution < -0.4 is 10.2 Å². The summed E-state index contributed by atoms with van der Waals surface area (Å²) in [7, 11) is 0. The fourth-order valence-electron chi connectivity index (χ4n) is 2.63. The molecule has 0 radical (unpaired) electrons. The molecule has 2 rings (SSSR count). The van der Waals surface area contributed by atoms with Crippen molar-refractivity contribution in [3.63, 3.8) is 0 Å². The summed E-state index contributed by atoms with van der Waals surface area (Å²) < 4.78 is 4.92. The maximum absolute atomic E-state index is 11.2. The summed E-state index contributed by atoms with van der Waals surface area (Å²) in [5.74, 6) is 0.975. The number of anilines is 1. The van der Waals surface area contributed by atoms with E-state index in [1.165, 1.54) is 0 Å². The van der Waals surface area contributed by atoms with Crippen molar-refractivity contribution in [1.29, 1.82) is 0 Å². The van der Waals surface area contributed by atoms with Crippen LogP contribution in [0.3, 0.4) is 0 Å². The van der Waals surface area contributed by atoms with Crippen LogP contribution in [-0.2, 0) is 9.53 Å². The molecule has 1 saturated heterocycles. The van der Waals surface area contributed by atoms with E-state index in [4.69, 9.17) is 4.74 Å². The lowest BCUT2D eigenvalue weighted by Crippen LogP contribution is -2.43. The summed E-state index contributed by atoms with van der Waals surface area (Å²) in [5, 5.41) is 3.54. The predicted octanol–water partition coefficient (Wildman–Crippen LogP) is 1.98. The van der Waals surface area contributed by atoms with Gasteiger partial charge in [-0.3, -0.25) is 4.79 Å². The third-order valence-electron chi connectivity index (χ3n) is 3.76. The summed E-state index contributed by atoms with van der Waals surface area (Å²) in [6, 6.07) is 6.59. The number of rotatable bonds is 7. The Labute approximate surface area is 126 Å². The molecule has 0 unspecified atom stereocenters. The number of aromatic nitrogens is 1. The van der Waals surface area contributed by atoms with Gasteiger partial charge in [0.1, 0.15) is 5.82 Å². The standard InChI is InChI=1S/C16H25N3O2/c1-2-21-16(20)7-5-11-17-14-8-12-19(13-9-14)15-6-3-4-10-18-15/h3-4,6,10,14,17H,2,5,7-9,11-13H2,1H3. The van der Waals surface area contributed by atoms with E-state index in [-0.39, 0.29) is 5.97 Å². The van der Waals surface area contributed by atoms with Gasteiger partial charge in [-0.25, -0.2) is 4.98 Å². The van der Waals surface area contributed by atoms with Crippen LogP contribution in [0.25, 0.3) is 0 Å². The SMILES string of the molecule is CCOC(=O)CCCNC1CCN(c2ccccn2)CC1. The fraction of sp³-hybridized carbons (Fsp3) is 0.625. The molecule has 21 heavy (non-hydrogen) atoms. The first kappa shape index (κ1) is 15.8. The second kappa shape index (κ2) is 8.62. The fourth-order valence-corrected chi connectivity index (χ4v) is 2.63. The normalized spacial score (nSPS) is 16.0. The van der Waals surface area contributed by atoms with Gasteiger partial charge in [0.05, 0.1) is 6.61 Å². The minimum absolute atomic E-state index is 0.0933. The van der Waals surface area contributed by atoms with Crippen molar-refractivity contribution in [2.75, 3.05) is 31.1 Å². The van der Waals surface area contributed by atoms with Crippen LogP contribution in [0.2, 0.25) is 0 Å². The summed E-state index contributed by atoms with van der Waals surface area (Å²) in [5.41, 5.74) is 0. The average molecular weight is 291 g/mol. The Morgan fingerprint density at radius 3 is 2.90 bits per heavy atom. The molecule has 0 spiro atoms. The largest absolute Gasteiger partial charge is 0.466 e. The Morgan fingerprint density at radius 2 is 2.24 bits per heavy atom. The van der Waals surface area contributed by atoms with Crippen LogP contribution in [0.4, 0.5) is 5.82 Å². The van der Waals surface area contributed by atoms with Crippen molar-refractivity contribution in [2.24, 2.45) is 0 Å². The van der Waals surface area contributed by atoms with E-state index in [2.05, 4.69) is 21.3 Å². The summed E-state index contributed by atoms with van der Waals surface area (Å²) in [4.78, 5) is 18.0. The first-order chi connectivity index (χ1) is 10.3. The first-order valence-electron chi connectivity index (χ1n) is 7.84. The van der Waals surface area contributed by atoms with E-state index >= 15 is 0 Å². The van der Waals surface area contributed by atoms with Crippen molar-refractivity contribution < 1.29 is 9.53 Å². The van der Waals surface area contributed by atoms with Crippen LogP contribution >= 0.6 is 0 Å². The quantitative estimate of drug-likeness (QED) is 0.615. The van der Waals surface area contributed by atoms with Gasteiger partial charge in [0.15, 0.2) is 0 Å². The third kappa shape index (κ3) is 5.34. The van der Waals surface area contributed by atoms with Gasteiger partial charge in [0.2, 0.25) is 0 Å². The van der Waals surface area contributed by atoms with Gasteiger partial charge in [-0.05, 0) is 44.9 Å². The number of ether oxygens (including phenoxy) is 1. The zero-order valence-electron chi connectivity index (χ0n) is 12.8. The summed E-state index contributed by atoms with van der Waals surface area (Å²) in [6.07, 6.45) is 5.44. The minimum atomic E-state index is -0.0933. The van der Waals surface area contributed by atoms with Crippen molar-refractivity contribution in [3.05, 3.63) is 24.4 Å². The number of hydrogen-bond donors (Lipinski definition) is 1. The Morgan fingerprint density at radius 1 is 1.43 bits per heavy atom. The van der Waals surface area contributed by atoms with Crippen LogP contribution in [0.5, 0.6) is 0 Å². The Balaban J connectivity index is 1.60. The first-order valence-corrected chi connectivity index (χ1v) is 7.84. The van der Waals surface area contributed by atoms with Crippen molar-refractivity contribution >= 4 is 11.8 Å². The molecule has 0 aliphatic carbocycles. The summed E-state index contributed by atoms with van der Waals surface area (Å²) >= 11 is 0. The Bertz CT molecular complexity index is 417. The molecule has 5 heteroatoms. The number of pyridine rings is 1. The van der Waals surface area contributed by atoms with Gasteiger partial charge < -0.3 is 15.0 Å². The number of carbonyl (C=O) groups is 1. The lowest BCUT2D eigenvalue weighted by Gasteiger charge is -2.33. The minimum Gasteiger partial charge on any atom is -0.466 e. The molecule has 0 amide bonds. The van der Waals surface area contributed by atoms with Gasteiger partial charge in [0.25, 0.3) is 0 Å². The molecular weight excluding hydrogens is 266 g/mol. The lowest BCUT2D eigenvalue weighted by molar-refractivity contribution is -0.143. The maximum atomic E-state index is 11.2. The second-order valence-electron chi connectivity index (χ2n) is 5.31. The van der Waals surface area contributed by atoms with E-state index in [9.17, 15) is 4.79 Å². The van der Waals surface area contributed by atoms with E-state index in [1.54, 1.807) is 0 Å². The topological polar surface area (TPSA) is 54.5 Å². The highest BCUT2D eigenvalue weighted by Crippen LogP contribution is 2.17. The highest BCUT2D eigenvalue weighted by atomic mass is 16.5. The smallest absolute Gasteiger partial charge is 0.305 e. The lowest BCUT2D eigenvalue weighted by atomic mass is 10.0. The maximum Gasteiger partial charge on any atom is 0.305 e. The molecular formula is C16H25N3O2. The number of esters is 1. The molecule has 1 aromatic rings. The number of nitrogens with one attached hydrogen (secondary N) is 1. The van der Waals surface area contributed by atoms with Gasteiger partial charge >= 0.3 is 5.97 Å². The molecule has 116 valence electrons. The van der Waals surface area contributed by atoms with Crippen molar-refractivity contribution in [1.82, 2.24) is 10.3 Å². The molecule has 5 nitrogen and oxygen atoms in total. The average Bonchev–Trinajstić information content (AvgIpc) is 2.53. The highest BCUT2D eigenvalue weighted by Gasteiger charge is 2.19. The Kier molecular flexibility index (Phi) is 6.47. The zero-order valence-corrected chi connectivity index (χ0v) is 12.8. The molecule has 1 aliphatic heterocycles. The van der Waals surface area contributed by atoms with Crippen molar-refractivity contribution in [3.8, 4) is 0 Å². The highest BCUT2D eigenvalue weighted by molar-refractivity contribution is 5.69. The van der Waals surface area contributed by atoms with E-state index < -0.39 is 0 Å². The van der Waals surface area contributed by atoms with Gasteiger partial charge in [-0.15, -0.1) is 0 Å². The molecule has 1 fully saturated rings. The molecule has 1 aliphatic rings. The third-order valence-corrected chi connectivity index (χ3v) is 3.76. The van der Waals surface area contributed by atoms with Crippen LogP contribution in [-0.4, -0.2) is 43.2 Å². The molecule has 0 aromatic carbocycles. The molecule has 1 N–H and O–H groups in total. The van der Waals surface area contributed by atoms with Crippen LogP contribution in [0.1, 0.15) is 32.6 Å². The predicted molar refractivity (Wildman–Crippen MR) is 83.3 cm³/mol. The molecule has 0 bridgehead atoms. The van der Waals surface area contributed by atoms with Gasteiger partial charge in [-0.2, -0.15) is 0 Å². The monoisotopic (exact) mass is 291 g/mol. The molecule has 0 saturated carbocycles. The number of nitrogens with zero attached hydrogens (tertiary/aromatic N) is 2. The second-order valence-corrected chi connectivity index (χ2v) is 5.31. The molecule has 2 heterocycles. The van der Waals surface area contributed by atoms with Gasteiger partial charge in [-0.1, -0.05) is 6.07 Å². The molecule has 1 aromatic heterocycles. The zero-order chi connectivity index (χ0) is 14.9. The van der Waals surface area contributed by atoms with Crippen LogP contribution in [0, 0.1) is 0 Å². The number of hydrogen-bond acceptors (Lipinski definition) is 5. The van der Waals surface area contributed by atoms with E-state index in [1.807, 2.05) is 25.3 Å². The Hall–Kier alpha value is -1.62. The van der Waals surface area contributed by atoms with E-state index in [0.717, 1.165) is 44.7 Å².